The van der Waals surface area contributed by atoms with E-state index in [0.717, 1.165) is 12.8 Å². The fourth-order valence-electron chi connectivity index (χ4n) is 1.75. The third-order valence-corrected chi connectivity index (χ3v) is 3.90. The second-order valence-corrected chi connectivity index (χ2v) is 4.85. The topological polar surface area (TPSA) is 47.6 Å². The highest BCUT2D eigenvalue weighted by atomic mass is 79.9. The van der Waals surface area contributed by atoms with Crippen LogP contribution in [0.3, 0.4) is 0 Å². The summed E-state index contributed by atoms with van der Waals surface area (Å²) in [5, 5.41) is 3.60. The summed E-state index contributed by atoms with van der Waals surface area (Å²) in [5.41, 5.74) is -0.280. The lowest BCUT2D eigenvalue weighted by Gasteiger charge is -2.36. The summed E-state index contributed by atoms with van der Waals surface area (Å²) in [5.74, 6) is -0.175. The number of rotatable bonds is 7. The van der Waals surface area contributed by atoms with Crippen molar-refractivity contribution in [3.05, 3.63) is 0 Å². The lowest BCUT2D eigenvalue weighted by molar-refractivity contribution is -0.125. The number of halogens is 3. The zero-order valence-electron chi connectivity index (χ0n) is 10.1. The fourth-order valence-corrected chi connectivity index (χ4v) is 2.45. The highest BCUT2D eigenvalue weighted by Crippen LogP contribution is 2.23. The Balaban J connectivity index is 2.25. The molecule has 0 radical (unpaired) electrons. The largest absolute Gasteiger partial charge is 0.381 e. The number of nitrogens with one attached hydrogen (secondary N) is 1. The van der Waals surface area contributed by atoms with Gasteiger partial charge in [-0.25, -0.2) is 8.78 Å². The van der Waals surface area contributed by atoms with E-state index in [-0.39, 0.29) is 24.5 Å². The first kappa shape index (κ1) is 15.8. The minimum absolute atomic E-state index is 0.0189. The normalized spacial score (nSPS) is 18.9. The summed E-state index contributed by atoms with van der Waals surface area (Å²) < 4.78 is 33.5. The molecule has 0 aromatic heterocycles. The molecule has 0 aromatic carbocycles. The van der Waals surface area contributed by atoms with E-state index in [2.05, 4.69) is 26.0 Å². The Hall–Kier alpha value is -0.270. The third kappa shape index (κ3) is 5.58. The molecule has 0 aromatic rings. The number of hydrogen-bond acceptors (Lipinski definition) is 3. The third-order valence-electron chi connectivity index (χ3n) is 2.83. The van der Waals surface area contributed by atoms with Crippen molar-refractivity contribution in [2.75, 3.05) is 31.8 Å². The zero-order chi connectivity index (χ0) is 13.4. The Labute approximate surface area is 114 Å². The van der Waals surface area contributed by atoms with E-state index < -0.39 is 13.0 Å². The quantitative estimate of drug-likeness (QED) is 0.571. The maximum atomic E-state index is 11.8. The van der Waals surface area contributed by atoms with Gasteiger partial charge in [-0.05, 0) is 12.8 Å². The van der Waals surface area contributed by atoms with Gasteiger partial charge >= 0.3 is 0 Å². The lowest BCUT2D eigenvalue weighted by atomic mass is 9.92. The van der Waals surface area contributed by atoms with Crippen LogP contribution in [0.25, 0.3) is 0 Å². The van der Waals surface area contributed by atoms with Crippen molar-refractivity contribution in [3.63, 3.8) is 0 Å². The van der Waals surface area contributed by atoms with Gasteiger partial charge in [0.1, 0.15) is 6.61 Å². The molecule has 1 amide bonds. The molecular weight excluding hydrogens is 312 g/mol. The molecule has 1 aliphatic rings. The van der Waals surface area contributed by atoms with Crippen LogP contribution in [0.15, 0.2) is 0 Å². The summed E-state index contributed by atoms with van der Waals surface area (Å²) in [4.78, 5) is 11.7. The van der Waals surface area contributed by atoms with Crippen LogP contribution in [0.2, 0.25) is 0 Å². The van der Waals surface area contributed by atoms with Crippen molar-refractivity contribution in [2.45, 2.75) is 31.2 Å². The van der Waals surface area contributed by atoms with Gasteiger partial charge in [0.25, 0.3) is 6.43 Å². The van der Waals surface area contributed by atoms with Crippen molar-refractivity contribution in [1.29, 1.82) is 0 Å². The van der Waals surface area contributed by atoms with Crippen LogP contribution in [0, 0.1) is 0 Å². The van der Waals surface area contributed by atoms with Gasteiger partial charge in [0.05, 0.1) is 12.1 Å². The monoisotopic (exact) mass is 329 g/mol. The number of carbonyl (C=O) groups excluding carboxylic acids is 1. The average molecular weight is 330 g/mol. The molecule has 1 N–H and O–H groups in total. The molecule has 1 rings (SSSR count). The van der Waals surface area contributed by atoms with E-state index in [0.29, 0.717) is 18.5 Å². The van der Waals surface area contributed by atoms with Crippen LogP contribution in [0.1, 0.15) is 19.3 Å². The van der Waals surface area contributed by atoms with Crippen molar-refractivity contribution < 1.29 is 23.0 Å². The molecule has 1 fully saturated rings. The number of hydrogen-bond donors (Lipinski definition) is 1. The maximum Gasteiger partial charge on any atom is 0.261 e. The molecule has 106 valence electrons. The number of ether oxygens (including phenoxy) is 2. The minimum Gasteiger partial charge on any atom is -0.381 e. The Morgan fingerprint density at radius 1 is 1.44 bits per heavy atom. The Morgan fingerprint density at radius 3 is 2.67 bits per heavy atom. The second-order valence-electron chi connectivity index (χ2n) is 4.29. The van der Waals surface area contributed by atoms with Crippen LogP contribution < -0.4 is 5.32 Å². The molecule has 18 heavy (non-hydrogen) atoms. The van der Waals surface area contributed by atoms with Gasteiger partial charge in [0.2, 0.25) is 5.91 Å². The standard InChI is InChI=1S/C11H18BrF2NO3/c12-8-11(2-5-17-6-3-11)15-10(16)1-4-18-7-9(13)14/h9H,1-8H2,(H,15,16). The fraction of sp³-hybridized carbons (Fsp3) is 0.909. The van der Waals surface area contributed by atoms with Crippen LogP contribution in [-0.2, 0) is 14.3 Å². The van der Waals surface area contributed by atoms with E-state index in [4.69, 9.17) is 4.74 Å². The molecule has 1 heterocycles. The van der Waals surface area contributed by atoms with Gasteiger partial charge in [-0.1, -0.05) is 15.9 Å². The first-order valence-corrected chi connectivity index (χ1v) is 7.01. The van der Waals surface area contributed by atoms with E-state index in [1.807, 2.05) is 0 Å². The van der Waals surface area contributed by atoms with Gasteiger partial charge in [0.15, 0.2) is 0 Å². The molecule has 0 unspecified atom stereocenters. The van der Waals surface area contributed by atoms with Gasteiger partial charge in [-0.3, -0.25) is 4.79 Å². The molecule has 1 aliphatic heterocycles. The summed E-state index contributed by atoms with van der Waals surface area (Å²) in [6.07, 6.45) is -0.885. The minimum atomic E-state index is -2.49. The lowest BCUT2D eigenvalue weighted by Crippen LogP contribution is -2.53. The number of alkyl halides is 3. The summed E-state index contributed by atoms with van der Waals surface area (Å²) in [6, 6.07) is 0. The Bertz CT molecular complexity index is 261. The number of amides is 1. The maximum absolute atomic E-state index is 11.8. The van der Waals surface area contributed by atoms with E-state index >= 15 is 0 Å². The molecule has 1 saturated heterocycles. The van der Waals surface area contributed by atoms with Crippen LogP contribution in [0.5, 0.6) is 0 Å². The smallest absolute Gasteiger partial charge is 0.261 e. The SMILES string of the molecule is O=C(CCOCC(F)F)NC1(CBr)CCOCC1. The predicted octanol–water partition coefficient (Wildman–Crippen LogP) is 1.72. The number of carbonyl (C=O) groups is 1. The van der Waals surface area contributed by atoms with Crippen LogP contribution in [-0.4, -0.2) is 49.6 Å². The van der Waals surface area contributed by atoms with Crippen LogP contribution >= 0.6 is 15.9 Å². The highest BCUT2D eigenvalue weighted by Gasteiger charge is 2.32. The molecule has 4 nitrogen and oxygen atoms in total. The van der Waals surface area contributed by atoms with Crippen molar-refractivity contribution in [3.8, 4) is 0 Å². The Morgan fingerprint density at radius 2 is 2.11 bits per heavy atom. The predicted molar refractivity (Wildman–Crippen MR) is 66.2 cm³/mol. The summed E-state index contributed by atoms with van der Waals surface area (Å²) >= 11 is 3.40. The molecular formula is C11H18BrF2NO3. The molecule has 0 bridgehead atoms. The first-order chi connectivity index (χ1) is 8.58. The van der Waals surface area contributed by atoms with E-state index in [1.54, 1.807) is 0 Å². The Kier molecular flexibility index (Phi) is 7.03. The van der Waals surface area contributed by atoms with Gasteiger partial charge in [-0.15, -0.1) is 0 Å². The van der Waals surface area contributed by atoms with Crippen molar-refractivity contribution in [2.24, 2.45) is 0 Å². The molecule has 0 atom stereocenters. The van der Waals surface area contributed by atoms with E-state index in [1.165, 1.54) is 0 Å². The first-order valence-electron chi connectivity index (χ1n) is 5.88. The second kappa shape index (κ2) is 8.01. The van der Waals surface area contributed by atoms with Crippen LogP contribution in [0.4, 0.5) is 8.78 Å². The van der Waals surface area contributed by atoms with Gasteiger partial charge in [0, 0.05) is 25.0 Å². The molecule has 0 spiro atoms. The van der Waals surface area contributed by atoms with Crippen molar-refractivity contribution >= 4 is 21.8 Å². The molecule has 0 aliphatic carbocycles. The average Bonchev–Trinajstić information content (AvgIpc) is 2.35. The van der Waals surface area contributed by atoms with Gasteiger partial charge in [-0.2, -0.15) is 0 Å². The van der Waals surface area contributed by atoms with Crippen molar-refractivity contribution in [1.82, 2.24) is 5.32 Å². The summed E-state index contributed by atoms with van der Waals surface area (Å²) in [7, 11) is 0. The molecule has 0 saturated carbocycles. The zero-order valence-corrected chi connectivity index (χ0v) is 11.7. The molecule has 7 heteroatoms. The van der Waals surface area contributed by atoms with Gasteiger partial charge < -0.3 is 14.8 Å². The summed E-state index contributed by atoms with van der Waals surface area (Å²) in [6.45, 7) is 0.636. The highest BCUT2D eigenvalue weighted by molar-refractivity contribution is 9.09. The van der Waals surface area contributed by atoms with E-state index in [9.17, 15) is 13.6 Å².